The zero-order valence-electron chi connectivity index (χ0n) is 13.1. The first-order chi connectivity index (χ1) is 11.3. The van der Waals surface area contributed by atoms with Crippen LogP contribution >= 0.6 is 0 Å². The summed E-state index contributed by atoms with van der Waals surface area (Å²) in [7, 11) is -3.96. The van der Waals surface area contributed by atoms with Crippen molar-refractivity contribution in [3.05, 3.63) is 59.7 Å². The van der Waals surface area contributed by atoms with Gasteiger partial charge in [-0.2, -0.15) is 18.4 Å². The van der Waals surface area contributed by atoms with E-state index in [2.05, 4.69) is 5.10 Å². The van der Waals surface area contributed by atoms with Crippen LogP contribution in [0.3, 0.4) is 0 Å². The van der Waals surface area contributed by atoms with Gasteiger partial charge in [-0.25, -0.2) is 8.78 Å². The van der Waals surface area contributed by atoms with Crippen molar-refractivity contribution >= 4 is 15.7 Å². The Kier molecular flexibility index (Phi) is 5.50. The van der Waals surface area contributed by atoms with Crippen molar-refractivity contribution in [1.82, 2.24) is 4.83 Å². The lowest BCUT2D eigenvalue weighted by Gasteiger charge is -2.08. The minimum atomic E-state index is -3.96. The lowest BCUT2D eigenvalue weighted by atomic mass is 10.1. The van der Waals surface area contributed by atoms with Crippen molar-refractivity contribution in [1.29, 1.82) is 0 Å². The number of hydrazone groups is 1. The third-order valence-electron chi connectivity index (χ3n) is 3.10. The monoisotopic (exact) mass is 354 g/mol. The number of rotatable bonds is 6. The third kappa shape index (κ3) is 4.08. The lowest BCUT2D eigenvalue weighted by Crippen LogP contribution is -2.20. The second kappa shape index (κ2) is 7.39. The van der Waals surface area contributed by atoms with Crippen LogP contribution in [0, 0.1) is 11.6 Å². The van der Waals surface area contributed by atoms with Gasteiger partial charge in [0.05, 0.1) is 22.8 Å². The Morgan fingerprint density at radius 2 is 1.71 bits per heavy atom. The molecule has 5 nitrogen and oxygen atoms in total. The van der Waals surface area contributed by atoms with E-state index in [-0.39, 0.29) is 16.2 Å². The molecule has 128 valence electrons. The van der Waals surface area contributed by atoms with E-state index in [1.54, 1.807) is 0 Å². The Bertz CT molecular complexity index is 830. The minimum absolute atomic E-state index is 0.0449. The Balaban J connectivity index is 2.22. The highest BCUT2D eigenvalue weighted by atomic mass is 32.2. The van der Waals surface area contributed by atoms with E-state index in [0.717, 1.165) is 12.1 Å². The fourth-order valence-corrected chi connectivity index (χ4v) is 2.82. The maximum atomic E-state index is 13.6. The van der Waals surface area contributed by atoms with Gasteiger partial charge in [-0.05, 0) is 50.2 Å². The van der Waals surface area contributed by atoms with Gasteiger partial charge in [0.2, 0.25) is 0 Å². The summed E-state index contributed by atoms with van der Waals surface area (Å²) in [5.74, 6) is -1.11. The number of nitrogens with zero attached hydrogens (tertiary/aromatic N) is 1. The highest BCUT2D eigenvalue weighted by molar-refractivity contribution is 7.89. The molecule has 0 atom stereocenters. The second-order valence-corrected chi connectivity index (χ2v) is 6.45. The van der Waals surface area contributed by atoms with E-state index in [1.807, 2.05) is 11.8 Å². The molecule has 1 N–H and O–H groups in total. The Hall–Kier alpha value is -2.48. The lowest BCUT2D eigenvalue weighted by molar-refractivity contribution is 0.340. The van der Waals surface area contributed by atoms with E-state index >= 15 is 0 Å². The molecule has 0 unspecified atom stereocenters. The molecular formula is C16H16F2N2O3S. The first kappa shape index (κ1) is 17.9. The maximum absolute atomic E-state index is 13.6. The van der Waals surface area contributed by atoms with Gasteiger partial charge in [-0.1, -0.05) is 6.07 Å². The van der Waals surface area contributed by atoms with Crippen LogP contribution in [0.1, 0.15) is 19.4 Å². The molecule has 0 aliphatic heterocycles. The highest BCUT2D eigenvalue weighted by Crippen LogP contribution is 2.16. The van der Waals surface area contributed by atoms with Crippen molar-refractivity contribution < 1.29 is 21.9 Å². The van der Waals surface area contributed by atoms with E-state index in [9.17, 15) is 17.2 Å². The maximum Gasteiger partial charge on any atom is 0.276 e. The zero-order chi connectivity index (χ0) is 17.7. The number of ether oxygens (including phenoxy) is 1. The zero-order valence-corrected chi connectivity index (χ0v) is 13.9. The van der Waals surface area contributed by atoms with Gasteiger partial charge in [-0.3, -0.25) is 0 Å². The number of halogens is 2. The molecule has 0 aliphatic carbocycles. The van der Waals surface area contributed by atoms with E-state index in [4.69, 9.17) is 4.74 Å². The van der Waals surface area contributed by atoms with Crippen LogP contribution in [0.5, 0.6) is 5.75 Å². The fourth-order valence-electron chi connectivity index (χ4n) is 1.96. The second-order valence-electron chi connectivity index (χ2n) is 4.79. The minimum Gasteiger partial charge on any atom is -0.494 e. The van der Waals surface area contributed by atoms with Crippen molar-refractivity contribution in [3.8, 4) is 5.75 Å². The first-order valence-corrected chi connectivity index (χ1v) is 8.57. The van der Waals surface area contributed by atoms with E-state index < -0.39 is 21.7 Å². The smallest absolute Gasteiger partial charge is 0.276 e. The van der Waals surface area contributed by atoms with Gasteiger partial charge in [-0.15, -0.1) is 0 Å². The van der Waals surface area contributed by atoms with Gasteiger partial charge in [0.15, 0.2) is 0 Å². The summed E-state index contributed by atoms with van der Waals surface area (Å²) in [4.78, 5) is 1.92. The molecule has 2 rings (SSSR count). The molecule has 0 amide bonds. The van der Waals surface area contributed by atoms with Crippen LogP contribution in [0.25, 0.3) is 0 Å². The Labute approximate surface area is 139 Å². The summed E-state index contributed by atoms with van der Waals surface area (Å²) >= 11 is 0. The highest BCUT2D eigenvalue weighted by Gasteiger charge is 2.15. The average Bonchev–Trinajstić information content (AvgIpc) is 2.54. The molecule has 0 bridgehead atoms. The van der Waals surface area contributed by atoms with Gasteiger partial charge < -0.3 is 4.74 Å². The average molecular weight is 354 g/mol. The molecule has 0 aromatic heterocycles. The van der Waals surface area contributed by atoms with Crippen LogP contribution in [0.2, 0.25) is 0 Å². The molecule has 0 radical (unpaired) electrons. The van der Waals surface area contributed by atoms with Crippen molar-refractivity contribution in [2.45, 2.75) is 18.7 Å². The van der Waals surface area contributed by atoms with Crippen molar-refractivity contribution in [2.24, 2.45) is 5.10 Å². The molecule has 0 saturated carbocycles. The van der Waals surface area contributed by atoms with Gasteiger partial charge in [0, 0.05) is 0 Å². The molecule has 0 aliphatic rings. The summed E-state index contributed by atoms with van der Waals surface area (Å²) in [6.45, 7) is 3.58. The predicted molar refractivity (Wildman–Crippen MR) is 86.5 cm³/mol. The number of hydrogen-bond donors (Lipinski definition) is 1. The predicted octanol–water partition coefficient (Wildman–Crippen LogP) is 3.07. The SMILES string of the molecule is CCOc1ccc(S(=O)(=O)N/N=C(/C)c2c(F)cccc2F)cc1. The molecule has 0 fully saturated rings. The summed E-state index contributed by atoms with van der Waals surface area (Å²) < 4.78 is 56.8. The summed E-state index contributed by atoms with van der Waals surface area (Å²) in [5, 5.41) is 3.59. The molecule has 2 aromatic rings. The standard InChI is InChI=1S/C16H16F2N2O3S/c1-3-23-12-7-9-13(10-8-12)24(21,22)20-19-11(2)16-14(17)5-4-6-15(16)18/h4-10,20H,3H2,1-2H3/b19-11-. The Morgan fingerprint density at radius 1 is 1.12 bits per heavy atom. The number of sulfonamides is 1. The van der Waals surface area contributed by atoms with Crippen LogP contribution in [0.4, 0.5) is 8.78 Å². The van der Waals surface area contributed by atoms with Crippen LogP contribution in [-0.4, -0.2) is 20.7 Å². The molecule has 0 saturated heterocycles. The molecule has 0 spiro atoms. The summed E-state index contributed by atoms with van der Waals surface area (Å²) in [5.41, 5.74) is -0.507. The summed E-state index contributed by atoms with van der Waals surface area (Å²) in [6.07, 6.45) is 0. The number of hydrogen-bond acceptors (Lipinski definition) is 4. The molecular weight excluding hydrogens is 338 g/mol. The van der Waals surface area contributed by atoms with Crippen LogP contribution in [0.15, 0.2) is 52.5 Å². The van der Waals surface area contributed by atoms with Gasteiger partial charge in [0.1, 0.15) is 17.4 Å². The van der Waals surface area contributed by atoms with Crippen LogP contribution in [-0.2, 0) is 10.0 Å². The Morgan fingerprint density at radius 3 is 2.25 bits per heavy atom. The molecule has 0 heterocycles. The fraction of sp³-hybridized carbons (Fsp3) is 0.188. The van der Waals surface area contributed by atoms with E-state index in [1.165, 1.54) is 37.3 Å². The molecule has 8 heteroatoms. The number of benzene rings is 2. The van der Waals surface area contributed by atoms with Gasteiger partial charge in [0.25, 0.3) is 10.0 Å². The topological polar surface area (TPSA) is 67.8 Å². The molecule has 24 heavy (non-hydrogen) atoms. The normalized spacial score (nSPS) is 12.1. The van der Waals surface area contributed by atoms with Gasteiger partial charge >= 0.3 is 0 Å². The summed E-state index contributed by atoms with van der Waals surface area (Å²) in [6, 6.07) is 9.06. The van der Waals surface area contributed by atoms with Crippen molar-refractivity contribution in [3.63, 3.8) is 0 Å². The molecule has 2 aromatic carbocycles. The first-order valence-electron chi connectivity index (χ1n) is 7.08. The third-order valence-corrected chi connectivity index (χ3v) is 4.33. The quantitative estimate of drug-likeness (QED) is 0.640. The van der Waals surface area contributed by atoms with E-state index in [0.29, 0.717) is 12.4 Å². The van der Waals surface area contributed by atoms with Crippen molar-refractivity contribution in [2.75, 3.05) is 6.61 Å². The number of nitrogens with one attached hydrogen (secondary N) is 1. The van der Waals surface area contributed by atoms with Crippen LogP contribution < -0.4 is 9.57 Å². The largest absolute Gasteiger partial charge is 0.494 e.